The van der Waals surface area contributed by atoms with Gasteiger partial charge in [0.1, 0.15) is 5.75 Å². The van der Waals surface area contributed by atoms with E-state index in [0.29, 0.717) is 17.7 Å². The summed E-state index contributed by atoms with van der Waals surface area (Å²) in [6.07, 6.45) is 4.53. The molecule has 0 spiro atoms. The van der Waals surface area contributed by atoms with E-state index in [1.807, 2.05) is 26.8 Å². The zero-order chi connectivity index (χ0) is 18.2. The van der Waals surface area contributed by atoms with Crippen LogP contribution in [0.1, 0.15) is 70.2 Å². The highest BCUT2D eigenvalue weighted by Crippen LogP contribution is 2.22. The Morgan fingerprint density at radius 2 is 1.79 bits per heavy atom. The molecule has 5 heteroatoms. The molecule has 1 aromatic rings. The molecule has 24 heavy (non-hydrogen) atoms. The van der Waals surface area contributed by atoms with Crippen molar-refractivity contribution in [3.05, 3.63) is 29.8 Å². The second kappa shape index (κ2) is 9.30. The highest BCUT2D eigenvalue weighted by molar-refractivity contribution is 5.98. The quantitative estimate of drug-likeness (QED) is 0.607. The van der Waals surface area contributed by atoms with Crippen LogP contribution in [0.5, 0.6) is 5.75 Å². The number of hydrogen-bond donors (Lipinski definition) is 1. The molecule has 0 aromatic heterocycles. The van der Waals surface area contributed by atoms with E-state index in [2.05, 4.69) is 12.3 Å². The normalized spacial score (nSPS) is 11.0. The zero-order valence-corrected chi connectivity index (χ0v) is 15.5. The Labute approximate surface area is 145 Å². The first-order valence-corrected chi connectivity index (χ1v) is 8.58. The van der Waals surface area contributed by atoms with E-state index >= 15 is 0 Å². The van der Waals surface area contributed by atoms with Crippen molar-refractivity contribution in [2.45, 2.75) is 65.3 Å². The summed E-state index contributed by atoms with van der Waals surface area (Å²) < 4.78 is 5.27. The summed E-state index contributed by atoms with van der Waals surface area (Å²) in [5, 5.41) is 1.40. The first-order chi connectivity index (χ1) is 11.3. The molecule has 0 unspecified atom stereocenters. The number of carbonyl (C=O) groups is 2. The van der Waals surface area contributed by atoms with Crippen molar-refractivity contribution in [3.8, 4) is 5.75 Å². The third-order valence-corrected chi connectivity index (χ3v) is 3.71. The molecular weight excluding hydrogens is 304 g/mol. The van der Waals surface area contributed by atoms with Crippen LogP contribution in [0, 0.1) is 0 Å². The number of ether oxygens (including phenoxy) is 1. The standard InChI is InChI=1S/C19H30N2O3/c1-6-7-8-9-14-17(22)20-21(19(2,3)4)18(23)15-12-10-11-13-16(15)24-5/h10-13H,6-9,14H2,1-5H3,(H,20,22). The number of hydrazine groups is 1. The minimum Gasteiger partial charge on any atom is -0.496 e. The van der Waals surface area contributed by atoms with Gasteiger partial charge in [-0.25, -0.2) is 5.01 Å². The number of nitrogens with zero attached hydrogens (tertiary/aromatic N) is 1. The van der Waals surface area contributed by atoms with Crippen LogP contribution in [0.3, 0.4) is 0 Å². The van der Waals surface area contributed by atoms with Crippen molar-refractivity contribution in [3.63, 3.8) is 0 Å². The van der Waals surface area contributed by atoms with E-state index in [9.17, 15) is 9.59 Å². The van der Waals surface area contributed by atoms with E-state index in [1.165, 1.54) is 12.1 Å². The summed E-state index contributed by atoms with van der Waals surface area (Å²) in [6, 6.07) is 7.03. The molecule has 0 bridgehead atoms. The van der Waals surface area contributed by atoms with Gasteiger partial charge in [0.05, 0.1) is 18.2 Å². The Hall–Kier alpha value is -2.04. The Bertz CT molecular complexity index is 550. The van der Waals surface area contributed by atoms with Gasteiger partial charge in [0, 0.05) is 6.42 Å². The Balaban J connectivity index is 2.86. The molecule has 0 aliphatic carbocycles. The monoisotopic (exact) mass is 334 g/mol. The third-order valence-electron chi connectivity index (χ3n) is 3.71. The van der Waals surface area contributed by atoms with Gasteiger partial charge in [0.25, 0.3) is 5.91 Å². The molecule has 2 amide bonds. The molecule has 1 rings (SSSR count). The van der Waals surface area contributed by atoms with Gasteiger partial charge in [-0.2, -0.15) is 0 Å². The zero-order valence-electron chi connectivity index (χ0n) is 15.5. The minimum absolute atomic E-state index is 0.135. The summed E-state index contributed by atoms with van der Waals surface area (Å²) in [7, 11) is 1.53. The van der Waals surface area contributed by atoms with Crippen molar-refractivity contribution in [1.29, 1.82) is 0 Å². The topological polar surface area (TPSA) is 58.6 Å². The van der Waals surface area contributed by atoms with Gasteiger partial charge in [0.15, 0.2) is 0 Å². The van der Waals surface area contributed by atoms with Crippen LogP contribution in [0.2, 0.25) is 0 Å². The third kappa shape index (κ3) is 5.87. The molecule has 0 atom stereocenters. The van der Waals surface area contributed by atoms with Crippen LogP contribution in [0.15, 0.2) is 24.3 Å². The summed E-state index contributed by atoms with van der Waals surface area (Å²) in [4.78, 5) is 25.1. The van der Waals surface area contributed by atoms with Gasteiger partial charge in [-0.15, -0.1) is 0 Å². The molecule has 0 fully saturated rings. The van der Waals surface area contributed by atoms with Crippen molar-refractivity contribution in [1.82, 2.24) is 10.4 Å². The van der Waals surface area contributed by atoms with Gasteiger partial charge in [0.2, 0.25) is 5.91 Å². The molecular formula is C19H30N2O3. The highest BCUT2D eigenvalue weighted by atomic mass is 16.5. The first kappa shape index (κ1) is 20.0. The van der Waals surface area contributed by atoms with E-state index < -0.39 is 5.54 Å². The Morgan fingerprint density at radius 1 is 1.12 bits per heavy atom. The summed E-state index contributed by atoms with van der Waals surface area (Å²) in [5.41, 5.74) is 2.66. The molecule has 0 heterocycles. The highest BCUT2D eigenvalue weighted by Gasteiger charge is 2.30. The van der Waals surface area contributed by atoms with Gasteiger partial charge in [-0.05, 0) is 39.3 Å². The fraction of sp³-hybridized carbons (Fsp3) is 0.579. The molecule has 1 N–H and O–H groups in total. The lowest BCUT2D eigenvalue weighted by Crippen LogP contribution is -2.55. The van der Waals surface area contributed by atoms with Crippen LogP contribution < -0.4 is 10.2 Å². The number of methoxy groups -OCH3 is 1. The second-order valence-electron chi connectivity index (χ2n) is 6.86. The first-order valence-electron chi connectivity index (χ1n) is 8.58. The molecule has 0 aliphatic rings. The maximum atomic E-state index is 12.9. The number of carbonyl (C=O) groups excluding carboxylic acids is 2. The fourth-order valence-electron chi connectivity index (χ4n) is 2.36. The molecule has 0 saturated heterocycles. The lowest BCUT2D eigenvalue weighted by Gasteiger charge is -2.35. The molecule has 0 radical (unpaired) electrons. The number of nitrogens with one attached hydrogen (secondary N) is 1. The Morgan fingerprint density at radius 3 is 2.38 bits per heavy atom. The van der Waals surface area contributed by atoms with Crippen LogP contribution in [0.4, 0.5) is 0 Å². The van der Waals surface area contributed by atoms with Gasteiger partial charge in [-0.3, -0.25) is 15.0 Å². The summed E-state index contributed by atoms with van der Waals surface area (Å²) in [6.45, 7) is 7.79. The molecule has 0 aliphatic heterocycles. The smallest absolute Gasteiger partial charge is 0.276 e. The fourth-order valence-corrected chi connectivity index (χ4v) is 2.36. The molecule has 134 valence electrons. The molecule has 5 nitrogen and oxygen atoms in total. The minimum atomic E-state index is -0.545. The lowest BCUT2D eigenvalue weighted by atomic mass is 10.1. The van der Waals surface area contributed by atoms with Crippen molar-refractivity contribution < 1.29 is 14.3 Å². The average molecular weight is 334 g/mol. The molecule has 1 aromatic carbocycles. The van der Waals surface area contributed by atoms with Crippen molar-refractivity contribution in [2.24, 2.45) is 0 Å². The Kier molecular flexibility index (Phi) is 7.75. The number of benzene rings is 1. The summed E-state index contributed by atoms with van der Waals surface area (Å²) in [5.74, 6) is 0.0834. The largest absolute Gasteiger partial charge is 0.496 e. The van der Waals surface area contributed by atoms with Crippen LogP contribution in [-0.2, 0) is 4.79 Å². The predicted octanol–water partition coefficient (Wildman–Crippen LogP) is 3.94. The van der Waals surface area contributed by atoms with Gasteiger partial charge in [-0.1, -0.05) is 38.3 Å². The van der Waals surface area contributed by atoms with E-state index in [4.69, 9.17) is 4.74 Å². The van der Waals surface area contributed by atoms with E-state index in [1.54, 1.807) is 18.2 Å². The average Bonchev–Trinajstić information content (AvgIpc) is 2.55. The van der Waals surface area contributed by atoms with E-state index in [-0.39, 0.29) is 11.8 Å². The predicted molar refractivity (Wildman–Crippen MR) is 95.8 cm³/mol. The number of rotatable bonds is 7. The SMILES string of the molecule is CCCCCCC(=O)NN(C(=O)c1ccccc1OC)C(C)(C)C. The van der Waals surface area contributed by atoms with Crippen LogP contribution in [0.25, 0.3) is 0 Å². The van der Waals surface area contributed by atoms with Crippen LogP contribution >= 0.6 is 0 Å². The lowest BCUT2D eigenvalue weighted by molar-refractivity contribution is -0.127. The van der Waals surface area contributed by atoms with Gasteiger partial charge < -0.3 is 4.74 Å². The number of amides is 2. The van der Waals surface area contributed by atoms with Crippen LogP contribution in [-0.4, -0.2) is 29.5 Å². The second-order valence-corrected chi connectivity index (χ2v) is 6.86. The number of para-hydroxylation sites is 1. The van der Waals surface area contributed by atoms with Crippen molar-refractivity contribution >= 4 is 11.8 Å². The molecule has 0 saturated carbocycles. The van der Waals surface area contributed by atoms with Crippen molar-refractivity contribution in [2.75, 3.05) is 7.11 Å². The number of hydrogen-bond acceptors (Lipinski definition) is 3. The maximum Gasteiger partial charge on any atom is 0.276 e. The van der Waals surface area contributed by atoms with E-state index in [0.717, 1.165) is 25.7 Å². The number of unbranched alkanes of at least 4 members (excludes halogenated alkanes) is 3. The summed E-state index contributed by atoms with van der Waals surface area (Å²) >= 11 is 0. The maximum absolute atomic E-state index is 12.9. The van der Waals surface area contributed by atoms with Gasteiger partial charge >= 0.3 is 0 Å².